The molecule has 1 heterocycles. The molecule has 2 N–H and O–H groups in total. The Morgan fingerprint density at radius 1 is 1.35 bits per heavy atom. The molecule has 0 aromatic heterocycles. The molecule has 23 heavy (non-hydrogen) atoms. The summed E-state index contributed by atoms with van der Waals surface area (Å²) in [6.45, 7) is 4.02. The van der Waals surface area contributed by atoms with Gasteiger partial charge in [-0.3, -0.25) is 0 Å². The number of carbonyl (C=O) groups is 1. The van der Waals surface area contributed by atoms with Crippen molar-refractivity contribution in [1.82, 2.24) is 10.2 Å². The quantitative estimate of drug-likeness (QED) is 0.847. The van der Waals surface area contributed by atoms with Gasteiger partial charge in [0.1, 0.15) is 0 Å². The largest absolute Gasteiger partial charge is 0.388 e. The van der Waals surface area contributed by atoms with Crippen LogP contribution in [0.4, 0.5) is 4.79 Å². The van der Waals surface area contributed by atoms with Gasteiger partial charge in [-0.25, -0.2) is 4.79 Å². The minimum Gasteiger partial charge on any atom is -0.388 e. The van der Waals surface area contributed by atoms with Crippen molar-refractivity contribution in [3.05, 3.63) is 35.9 Å². The zero-order valence-electron chi connectivity index (χ0n) is 14.1. The predicted octanol–water partition coefficient (Wildman–Crippen LogP) is 2.57. The summed E-state index contributed by atoms with van der Waals surface area (Å²) in [5, 5.41) is 13.5. The van der Waals surface area contributed by atoms with Crippen LogP contribution >= 0.6 is 0 Å². The molecule has 1 aromatic carbocycles. The van der Waals surface area contributed by atoms with E-state index in [9.17, 15) is 9.90 Å². The molecule has 2 unspecified atom stereocenters. The van der Waals surface area contributed by atoms with Crippen molar-refractivity contribution < 1.29 is 14.6 Å². The van der Waals surface area contributed by atoms with Gasteiger partial charge in [0.05, 0.1) is 6.10 Å². The maximum atomic E-state index is 12.2. The van der Waals surface area contributed by atoms with Crippen LogP contribution in [0.2, 0.25) is 0 Å². The van der Waals surface area contributed by atoms with Crippen LogP contribution in [-0.4, -0.2) is 48.9 Å². The lowest BCUT2D eigenvalue weighted by molar-refractivity contribution is 0.0660. The SMILES string of the molecule is COCCC(C)NC(=O)N1CCC(C(O)c2ccccc2)CC1. The molecular formula is C18H28N2O3. The molecule has 1 aromatic rings. The van der Waals surface area contributed by atoms with Crippen molar-refractivity contribution in [2.24, 2.45) is 5.92 Å². The predicted molar refractivity (Wildman–Crippen MR) is 90.2 cm³/mol. The number of benzene rings is 1. The van der Waals surface area contributed by atoms with Gasteiger partial charge in [0, 0.05) is 32.8 Å². The van der Waals surface area contributed by atoms with Gasteiger partial charge in [-0.15, -0.1) is 0 Å². The van der Waals surface area contributed by atoms with E-state index in [2.05, 4.69) is 5.32 Å². The molecule has 1 aliphatic heterocycles. The molecule has 0 saturated carbocycles. The van der Waals surface area contributed by atoms with Crippen molar-refractivity contribution in [2.75, 3.05) is 26.8 Å². The van der Waals surface area contributed by atoms with Gasteiger partial charge in [0.2, 0.25) is 0 Å². The van der Waals surface area contributed by atoms with Gasteiger partial charge in [0.25, 0.3) is 0 Å². The first-order valence-electron chi connectivity index (χ1n) is 8.39. The Labute approximate surface area is 138 Å². The third-order valence-electron chi connectivity index (χ3n) is 4.54. The lowest BCUT2D eigenvalue weighted by Gasteiger charge is -2.35. The van der Waals surface area contributed by atoms with E-state index in [0.717, 1.165) is 24.8 Å². The third-order valence-corrected chi connectivity index (χ3v) is 4.54. The van der Waals surface area contributed by atoms with Gasteiger partial charge in [-0.2, -0.15) is 0 Å². The lowest BCUT2D eigenvalue weighted by atomic mass is 9.87. The van der Waals surface area contributed by atoms with Crippen LogP contribution in [0.5, 0.6) is 0 Å². The monoisotopic (exact) mass is 320 g/mol. The van der Waals surface area contributed by atoms with E-state index in [4.69, 9.17) is 4.74 Å². The van der Waals surface area contributed by atoms with Crippen LogP contribution in [0, 0.1) is 5.92 Å². The lowest BCUT2D eigenvalue weighted by Crippen LogP contribution is -2.47. The van der Waals surface area contributed by atoms with Gasteiger partial charge in [-0.1, -0.05) is 30.3 Å². The molecule has 0 spiro atoms. The zero-order valence-corrected chi connectivity index (χ0v) is 14.1. The molecule has 0 aliphatic carbocycles. The van der Waals surface area contributed by atoms with Gasteiger partial charge >= 0.3 is 6.03 Å². The highest BCUT2D eigenvalue weighted by atomic mass is 16.5. The summed E-state index contributed by atoms with van der Waals surface area (Å²) >= 11 is 0. The van der Waals surface area contributed by atoms with Gasteiger partial charge < -0.3 is 20.1 Å². The van der Waals surface area contributed by atoms with Crippen molar-refractivity contribution in [1.29, 1.82) is 0 Å². The van der Waals surface area contributed by atoms with E-state index in [-0.39, 0.29) is 18.0 Å². The number of hydrogen-bond donors (Lipinski definition) is 2. The Hall–Kier alpha value is -1.59. The Bertz CT molecular complexity index is 472. The molecule has 2 amide bonds. The molecule has 1 saturated heterocycles. The number of hydrogen-bond acceptors (Lipinski definition) is 3. The number of piperidine rings is 1. The third kappa shape index (κ3) is 5.22. The number of nitrogens with zero attached hydrogens (tertiary/aromatic N) is 1. The van der Waals surface area contributed by atoms with Crippen LogP contribution in [0.25, 0.3) is 0 Å². The van der Waals surface area contributed by atoms with E-state index in [1.54, 1.807) is 7.11 Å². The number of urea groups is 1. The van der Waals surface area contributed by atoms with E-state index < -0.39 is 6.10 Å². The maximum Gasteiger partial charge on any atom is 0.317 e. The van der Waals surface area contributed by atoms with E-state index in [1.165, 1.54) is 0 Å². The number of likely N-dealkylation sites (tertiary alicyclic amines) is 1. The summed E-state index contributed by atoms with van der Waals surface area (Å²) in [6, 6.07) is 9.86. The fourth-order valence-electron chi connectivity index (χ4n) is 3.01. The van der Waals surface area contributed by atoms with Crippen LogP contribution in [0.15, 0.2) is 30.3 Å². The molecule has 128 valence electrons. The molecule has 0 radical (unpaired) electrons. The molecule has 2 atom stereocenters. The molecule has 5 nitrogen and oxygen atoms in total. The normalized spacial score (nSPS) is 18.5. The number of ether oxygens (including phenoxy) is 1. The Kier molecular flexibility index (Phi) is 6.86. The molecule has 0 bridgehead atoms. The highest BCUT2D eigenvalue weighted by molar-refractivity contribution is 5.74. The summed E-state index contributed by atoms with van der Waals surface area (Å²) < 4.78 is 5.03. The second-order valence-corrected chi connectivity index (χ2v) is 6.31. The minimum atomic E-state index is -0.443. The highest BCUT2D eigenvalue weighted by Crippen LogP contribution is 2.30. The van der Waals surface area contributed by atoms with Crippen molar-refractivity contribution in [2.45, 2.75) is 38.3 Å². The first-order valence-corrected chi connectivity index (χ1v) is 8.39. The van der Waals surface area contributed by atoms with Crippen LogP contribution in [0.3, 0.4) is 0 Å². The van der Waals surface area contributed by atoms with E-state index in [0.29, 0.717) is 19.7 Å². The first kappa shape index (κ1) is 17.8. The summed E-state index contributed by atoms with van der Waals surface area (Å²) in [4.78, 5) is 14.1. The number of aliphatic hydroxyl groups excluding tert-OH is 1. The van der Waals surface area contributed by atoms with Crippen LogP contribution < -0.4 is 5.32 Å². The Morgan fingerprint density at radius 3 is 2.61 bits per heavy atom. The fourth-order valence-corrected chi connectivity index (χ4v) is 3.01. The highest BCUT2D eigenvalue weighted by Gasteiger charge is 2.28. The summed E-state index contributed by atoms with van der Waals surface area (Å²) in [7, 11) is 1.66. The first-order chi connectivity index (χ1) is 11.1. The summed E-state index contributed by atoms with van der Waals surface area (Å²) in [6.07, 6.45) is 2.03. The number of rotatable bonds is 6. The second kappa shape index (κ2) is 8.89. The van der Waals surface area contributed by atoms with E-state index in [1.807, 2.05) is 42.2 Å². The fraction of sp³-hybridized carbons (Fsp3) is 0.611. The number of nitrogens with one attached hydrogen (secondary N) is 1. The summed E-state index contributed by atoms with van der Waals surface area (Å²) in [5.74, 6) is 0.215. The molecule has 2 rings (SSSR count). The second-order valence-electron chi connectivity index (χ2n) is 6.31. The average molecular weight is 320 g/mol. The number of amides is 2. The smallest absolute Gasteiger partial charge is 0.317 e. The summed E-state index contributed by atoms with van der Waals surface area (Å²) in [5.41, 5.74) is 0.962. The van der Waals surface area contributed by atoms with E-state index >= 15 is 0 Å². The van der Waals surface area contributed by atoms with Gasteiger partial charge in [-0.05, 0) is 37.7 Å². The Morgan fingerprint density at radius 2 is 2.00 bits per heavy atom. The zero-order chi connectivity index (χ0) is 16.7. The number of methoxy groups -OCH3 is 1. The Balaban J connectivity index is 1.78. The molecule has 5 heteroatoms. The molecule has 1 aliphatic rings. The molecule has 1 fully saturated rings. The van der Waals surface area contributed by atoms with Crippen molar-refractivity contribution in [3.8, 4) is 0 Å². The van der Waals surface area contributed by atoms with Gasteiger partial charge in [0.15, 0.2) is 0 Å². The van der Waals surface area contributed by atoms with Crippen molar-refractivity contribution >= 4 is 6.03 Å². The average Bonchev–Trinajstić information content (AvgIpc) is 2.60. The number of aliphatic hydroxyl groups is 1. The standard InChI is InChI=1S/C18H28N2O3/c1-14(10-13-23-2)19-18(22)20-11-8-16(9-12-20)17(21)15-6-4-3-5-7-15/h3-7,14,16-17,21H,8-13H2,1-2H3,(H,19,22). The van der Waals surface area contributed by atoms with Crippen LogP contribution in [-0.2, 0) is 4.74 Å². The maximum absolute atomic E-state index is 12.2. The minimum absolute atomic E-state index is 0.0127. The molecular weight excluding hydrogens is 292 g/mol. The van der Waals surface area contributed by atoms with Crippen LogP contribution in [0.1, 0.15) is 37.9 Å². The van der Waals surface area contributed by atoms with Crippen molar-refractivity contribution in [3.63, 3.8) is 0 Å². The topological polar surface area (TPSA) is 61.8 Å². The number of carbonyl (C=O) groups excluding carboxylic acids is 1.